The van der Waals surface area contributed by atoms with Gasteiger partial charge in [-0.25, -0.2) is 4.98 Å². The van der Waals surface area contributed by atoms with Gasteiger partial charge in [0.15, 0.2) is 0 Å². The van der Waals surface area contributed by atoms with Crippen LogP contribution in [0.1, 0.15) is 49.3 Å². The lowest BCUT2D eigenvalue weighted by molar-refractivity contribution is -0.132. The van der Waals surface area contributed by atoms with Crippen LogP contribution in [0.4, 0.5) is 0 Å². The molecule has 0 unspecified atom stereocenters. The van der Waals surface area contributed by atoms with E-state index in [-0.39, 0.29) is 29.4 Å². The SMILES string of the molecule is Cc1cccc(C(=O)NC[C@H]2[C@H]3CN(C(=O)CC(C)C)C[C@]34CC[C@H]2O4)n1. The van der Waals surface area contributed by atoms with Gasteiger partial charge in [-0.05, 0) is 37.8 Å². The van der Waals surface area contributed by atoms with Crippen molar-refractivity contribution in [3.63, 3.8) is 0 Å². The molecule has 1 N–H and O–H groups in total. The number of aryl methyl sites for hydroxylation is 1. The maximum absolute atomic E-state index is 12.5. The first kappa shape index (κ1) is 18.4. The van der Waals surface area contributed by atoms with Crippen molar-refractivity contribution < 1.29 is 14.3 Å². The lowest BCUT2D eigenvalue weighted by atomic mass is 9.73. The van der Waals surface area contributed by atoms with Crippen LogP contribution >= 0.6 is 0 Å². The highest BCUT2D eigenvalue weighted by Gasteiger charge is 2.63. The van der Waals surface area contributed by atoms with Crippen LogP contribution in [-0.4, -0.2) is 53.0 Å². The summed E-state index contributed by atoms with van der Waals surface area (Å²) in [5, 5.41) is 3.05. The van der Waals surface area contributed by atoms with Crippen LogP contribution in [0.3, 0.4) is 0 Å². The van der Waals surface area contributed by atoms with E-state index in [2.05, 4.69) is 24.1 Å². The van der Waals surface area contributed by atoms with Gasteiger partial charge in [0.05, 0.1) is 18.2 Å². The topological polar surface area (TPSA) is 71.5 Å². The number of pyridine rings is 1. The van der Waals surface area contributed by atoms with E-state index in [0.29, 0.717) is 37.0 Å². The summed E-state index contributed by atoms with van der Waals surface area (Å²) in [5.41, 5.74) is 1.10. The van der Waals surface area contributed by atoms with Crippen LogP contribution in [0.5, 0.6) is 0 Å². The van der Waals surface area contributed by atoms with Crippen LogP contribution in [0.15, 0.2) is 18.2 Å². The predicted molar refractivity (Wildman–Crippen MR) is 101 cm³/mol. The summed E-state index contributed by atoms with van der Waals surface area (Å²) < 4.78 is 6.38. The van der Waals surface area contributed by atoms with Crippen molar-refractivity contribution in [2.24, 2.45) is 17.8 Å². The number of nitrogens with zero attached hydrogens (tertiary/aromatic N) is 2. The number of hydrogen-bond acceptors (Lipinski definition) is 4. The summed E-state index contributed by atoms with van der Waals surface area (Å²) in [7, 11) is 0. The summed E-state index contributed by atoms with van der Waals surface area (Å²) in [6.07, 6.45) is 2.83. The van der Waals surface area contributed by atoms with E-state index in [0.717, 1.165) is 25.1 Å². The van der Waals surface area contributed by atoms with Gasteiger partial charge in [-0.15, -0.1) is 0 Å². The zero-order chi connectivity index (χ0) is 19.2. The number of ether oxygens (including phenoxy) is 1. The molecule has 0 aliphatic carbocycles. The minimum absolute atomic E-state index is 0.138. The predicted octanol–water partition coefficient (Wildman–Crippen LogP) is 2.17. The van der Waals surface area contributed by atoms with E-state index in [1.807, 2.05) is 24.0 Å². The third-order valence-corrected chi connectivity index (χ3v) is 6.34. The van der Waals surface area contributed by atoms with Crippen LogP contribution < -0.4 is 5.32 Å². The lowest BCUT2D eigenvalue weighted by Crippen LogP contribution is -2.42. The monoisotopic (exact) mass is 371 g/mol. The molecule has 0 aromatic carbocycles. The largest absolute Gasteiger partial charge is 0.369 e. The van der Waals surface area contributed by atoms with Crippen molar-refractivity contribution in [1.82, 2.24) is 15.2 Å². The van der Waals surface area contributed by atoms with E-state index in [1.54, 1.807) is 6.07 Å². The number of aromatic nitrogens is 1. The maximum Gasteiger partial charge on any atom is 0.269 e. The quantitative estimate of drug-likeness (QED) is 0.861. The Kier molecular flexibility index (Phi) is 4.70. The van der Waals surface area contributed by atoms with Crippen molar-refractivity contribution in [3.8, 4) is 0 Å². The highest BCUT2D eigenvalue weighted by molar-refractivity contribution is 5.92. The molecule has 3 fully saturated rings. The van der Waals surface area contributed by atoms with E-state index in [9.17, 15) is 9.59 Å². The van der Waals surface area contributed by atoms with Gasteiger partial charge in [-0.2, -0.15) is 0 Å². The molecule has 0 saturated carbocycles. The highest BCUT2D eigenvalue weighted by Crippen LogP contribution is 2.54. The Labute approximate surface area is 160 Å². The molecule has 4 heterocycles. The average Bonchev–Trinajstić information content (AvgIpc) is 3.27. The number of carbonyl (C=O) groups excluding carboxylic acids is 2. The van der Waals surface area contributed by atoms with Gasteiger partial charge in [0.1, 0.15) is 5.69 Å². The van der Waals surface area contributed by atoms with Crippen molar-refractivity contribution in [2.45, 2.75) is 51.7 Å². The summed E-state index contributed by atoms with van der Waals surface area (Å²) in [4.78, 5) is 31.3. The summed E-state index contributed by atoms with van der Waals surface area (Å²) in [6, 6.07) is 5.47. The van der Waals surface area contributed by atoms with Gasteiger partial charge < -0.3 is 15.0 Å². The molecular formula is C21H29N3O3. The Morgan fingerprint density at radius 1 is 1.41 bits per heavy atom. The molecular weight excluding hydrogens is 342 g/mol. The first-order valence-corrected chi connectivity index (χ1v) is 10.1. The second-order valence-corrected chi connectivity index (χ2v) is 8.78. The van der Waals surface area contributed by atoms with Gasteiger partial charge in [-0.3, -0.25) is 9.59 Å². The molecule has 1 spiro atoms. The minimum Gasteiger partial charge on any atom is -0.369 e. The molecule has 4 atom stereocenters. The average molecular weight is 371 g/mol. The molecule has 1 aromatic rings. The number of hydrogen-bond donors (Lipinski definition) is 1. The number of nitrogens with one attached hydrogen (secondary N) is 1. The molecule has 2 amide bonds. The number of amides is 2. The molecule has 4 rings (SSSR count). The molecule has 0 radical (unpaired) electrons. The molecule has 27 heavy (non-hydrogen) atoms. The zero-order valence-corrected chi connectivity index (χ0v) is 16.4. The normalized spacial score (nSPS) is 31.4. The van der Waals surface area contributed by atoms with E-state index < -0.39 is 0 Å². The highest BCUT2D eigenvalue weighted by atomic mass is 16.5. The molecule has 146 valence electrons. The molecule has 6 nitrogen and oxygen atoms in total. The molecule has 1 aromatic heterocycles. The number of fused-ring (bicyclic) bond motifs is 1. The number of carbonyl (C=O) groups is 2. The first-order chi connectivity index (χ1) is 12.9. The standard InChI is InChI=1S/C21H29N3O3/c1-13(2)9-19(25)24-11-16-15(18-7-8-21(16,12-24)27-18)10-22-20(26)17-6-4-5-14(3)23-17/h4-6,13,15-16,18H,7-12H2,1-3H3,(H,22,26)/t15-,16+,18+,21+/m0/s1. The summed E-state index contributed by atoms with van der Waals surface area (Å²) >= 11 is 0. The molecule has 3 aliphatic heterocycles. The Bertz CT molecular complexity index is 750. The van der Waals surface area contributed by atoms with Gasteiger partial charge in [-0.1, -0.05) is 19.9 Å². The fraction of sp³-hybridized carbons (Fsp3) is 0.667. The minimum atomic E-state index is -0.186. The van der Waals surface area contributed by atoms with Crippen molar-refractivity contribution in [2.75, 3.05) is 19.6 Å². The fourth-order valence-corrected chi connectivity index (χ4v) is 5.10. The first-order valence-electron chi connectivity index (χ1n) is 10.1. The Hall–Kier alpha value is -1.95. The zero-order valence-electron chi connectivity index (χ0n) is 16.4. The second kappa shape index (κ2) is 6.89. The van der Waals surface area contributed by atoms with Crippen molar-refractivity contribution in [1.29, 1.82) is 0 Å². The van der Waals surface area contributed by atoms with Crippen molar-refractivity contribution >= 4 is 11.8 Å². The number of likely N-dealkylation sites (tertiary alicyclic amines) is 1. The third kappa shape index (κ3) is 3.35. The fourth-order valence-electron chi connectivity index (χ4n) is 5.10. The van der Waals surface area contributed by atoms with Crippen LogP contribution in [-0.2, 0) is 9.53 Å². The molecule has 2 bridgehead atoms. The van der Waals surface area contributed by atoms with E-state index >= 15 is 0 Å². The second-order valence-electron chi connectivity index (χ2n) is 8.78. The Morgan fingerprint density at radius 3 is 2.96 bits per heavy atom. The number of rotatable bonds is 5. The van der Waals surface area contributed by atoms with Gasteiger partial charge in [0.2, 0.25) is 5.91 Å². The van der Waals surface area contributed by atoms with E-state index in [4.69, 9.17) is 4.74 Å². The van der Waals surface area contributed by atoms with Crippen LogP contribution in [0.2, 0.25) is 0 Å². The van der Waals surface area contributed by atoms with Gasteiger partial charge in [0.25, 0.3) is 5.91 Å². The Balaban J connectivity index is 1.41. The molecule has 3 aliphatic rings. The smallest absolute Gasteiger partial charge is 0.269 e. The molecule has 6 heteroatoms. The van der Waals surface area contributed by atoms with Crippen LogP contribution in [0, 0.1) is 24.7 Å². The van der Waals surface area contributed by atoms with Gasteiger partial charge >= 0.3 is 0 Å². The summed E-state index contributed by atoms with van der Waals surface area (Å²) in [5.74, 6) is 1.04. The summed E-state index contributed by atoms with van der Waals surface area (Å²) in [6.45, 7) is 8.08. The maximum atomic E-state index is 12.5. The van der Waals surface area contributed by atoms with Crippen molar-refractivity contribution in [3.05, 3.63) is 29.6 Å². The Morgan fingerprint density at radius 2 is 2.22 bits per heavy atom. The van der Waals surface area contributed by atoms with E-state index in [1.165, 1.54) is 0 Å². The van der Waals surface area contributed by atoms with Gasteiger partial charge in [0, 0.05) is 37.0 Å². The van der Waals surface area contributed by atoms with Crippen LogP contribution in [0.25, 0.3) is 0 Å². The third-order valence-electron chi connectivity index (χ3n) is 6.34. The lowest BCUT2D eigenvalue weighted by Gasteiger charge is -2.29. The molecule has 3 saturated heterocycles.